The Morgan fingerprint density at radius 3 is 2.69 bits per heavy atom. The van der Waals surface area contributed by atoms with Gasteiger partial charge in [0.05, 0.1) is 0 Å². The summed E-state index contributed by atoms with van der Waals surface area (Å²) in [5, 5.41) is 3.02. The Morgan fingerprint density at radius 2 is 2.23 bits per heavy atom. The predicted molar refractivity (Wildman–Crippen MR) is 53.5 cm³/mol. The number of amides is 1. The third-order valence-electron chi connectivity index (χ3n) is 2.54. The summed E-state index contributed by atoms with van der Waals surface area (Å²) >= 11 is 0. The van der Waals surface area contributed by atoms with Crippen molar-refractivity contribution in [1.29, 1.82) is 0 Å². The highest BCUT2D eigenvalue weighted by Crippen LogP contribution is 2.29. The van der Waals surface area contributed by atoms with Gasteiger partial charge in [0, 0.05) is 26.1 Å². The number of rotatable bonds is 5. The van der Waals surface area contributed by atoms with Crippen molar-refractivity contribution in [2.45, 2.75) is 19.8 Å². The molecular formula is C10H20N2O. The molecule has 1 fully saturated rings. The van der Waals surface area contributed by atoms with E-state index in [0.29, 0.717) is 0 Å². The van der Waals surface area contributed by atoms with E-state index < -0.39 is 0 Å². The van der Waals surface area contributed by atoms with Gasteiger partial charge in [-0.25, -0.2) is 0 Å². The van der Waals surface area contributed by atoms with E-state index in [1.54, 1.807) is 0 Å². The number of nitrogens with zero attached hydrogens (tertiary/aromatic N) is 1. The summed E-state index contributed by atoms with van der Waals surface area (Å²) in [6, 6.07) is 0. The third-order valence-corrected chi connectivity index (χ3v) is 2.54. The van der Waals surface area contributed by atoms with Gasteiger partial charge < -0.3 is 10.2 Å². The molecule has 0 spiro atoms. The normalized spacial score (nSPS) is 18.4. The Hall–Kier alpha value is -0.570. The molecule has 0 aromatic heterocycles. The van der Waals surface area contributed by atoms with Crippen molar-refractivity contribution in [3.8, 4) is 0 Å². The first-order chi connectivity index (χ1) is 6.15. The molecule has 1 aliphatic carbocycles. The van der Waals surface area contributed by atoms with Crippen LogP contribution in [-0.4, -0.2) is 38.0 Å². The van der Waals surface area contributed by atoms with Gasteiger partial charge in [-0.2, -0.15) is 0 Å². The molecule has 0 aromatic rings. The lowest BCUT2D eigenvalue weighted by molar-refractivity contribution is -0.133. The van der Waals surface area contributed by atoms with Crippen LogP contribution in [0.1, 0.15) is 19.8 Å². The number of carbonyl (C=O) groups excluding carboxylic acids is 1. The number of hydrogen-bond acceptors (Lipinski definition) is 2. The Bertz CT molecular complexity index is 178. The van der Waals surface area contributed by atoms with Crippen LogP contribution < -0.4 is 5.32 Å². The van der Waals surface area contributed by atoms with Gasteiger partial charge in [-0.3, -0.25) is 4.79 Å². The molecule has 0 bridgehead atoms. The van der Waals surface area contributed by atoms with E-state index in [0.717, 1.165) is 19.0 Å². The van der Waals surface area contributed by atoms with Gasteiger partial charge in [-0.1, -0.05) is 6.92 Å². The molecule has 13 heavy (non-hydrogen) atoms. The van der Waals surface area contributed by atoms with Crippen LogP contribution >= 0.6 is 0 Å². The fourth-order valence-electron chi connectivity index (χ4n) is 1.55. The van der Waals surface area contributed by atoms with Crippen LogP contribution in [-0.2, 0) is 4.79 Å². The number of carbonyl (C=O) groups is 1. The van der Waals surface area contributed by atoms with Crippen LogP contribution in [0.3, 0.4) is 0 Å². The van der Waals surface area contributed by atoms with Crippen molar-refractivity contribution in [3.63, 3.8) is 0 Å². The van der Waals surface area contributed by atoms with E-state index in [9.17, 15) is 4.79 Å². The molecular weight excluding hydrogens is 164 g/mol. The van der Waals surface area contributed by atoms with E-state index in [-0.39, 0.29) is 11.8 Å². The fraction of sp³-hybridized carbons (Fsp3) is 0.900. The summed E-state index contributed by atoms with van der Waals surface area (Å²) < 4.78 is 0. The van der Waals surface area contributed by atoms with Crippen molar-refractivity contribution >= 4 is 5.91 Å². The van der Waals surface area contributed by atoms with Crippen LogP contribution in [0, 0.1) is 11.8 Å². The van der Waals surface area contributed by atoms with Gasteiger partial charge in [0.15, 0.2) is 0 Å². The summed E-state index contributed by atoms with van der Waals surface area (Å²) in [4.78, 5) is 13.6. The van der Waals surface area contributed by atoms with E-state index in [1.165, 1.54) is 12.8 Å². The first-order valence-corrected chi connectivity index (χ1v) is 5.04. The second-order valence-corrected chi connectivity index (χ2v) is 4.12. The van der Waals surface area contributed by atoms with E-state index in [2.05, 4.69) is 5.32 Å². The maximum absolute atomic E-state index is 11.7. The SMILES string of the molecule is CNCC(C)C(=O)N(C)CC1CC1. The maximum Gasteiger partial charge on any atom is 0.226 e. The molecule has 1 N–H and O–H groups in total. The molecule has 76 valence electrons. The molecule has 3 heteroatoms. The van der Waals surface area contributed by atoms with Crippen molar-refractivity contribution in [1.82, 2.24) is 10.2 Å². The predicted octanol–water partition coefficient (Wildman–Crippen LogP) is 0.710. The van der Waals surface area contributed by atoms with E-state index in [1.807, 2.05) is 25.9 Å². The molecule has 1 unspecified atom stereocenters. The third kappa shape index (κ3) is 3.35. The molecule has 3 nitrogen and oxygen atoms in total. The second kappa shape index (κ2) is 4.61. The minimum absolute atomic E-state index is 0.105. The summed E-state index contributed by atoms with van der Waals surface area (Å²) in [5.41, 5.74) is 0. The zero-order valence-corrected chi connectivity index (χ0v) is 8.84. The maximum atomic E-state index is 11.7. The zero-order chi connectivity index (χ0) is 9.84. The highest BCUT2D eigenvalue weighted by atomic mass is 16.2. The van der Waals surface area contributed by atoms with Gasteiger partial charge in [-0.15, -0.1) is 0 Å². The average molecular weight is 184 g/mol. The lowest BCUT2D eigenvalue weighted by Gasteiger charge is -2.20. The Labute approximate surface area is 80.5 Å². The Kier molecular flexibility index (Phi) is 3.72. The van der Waals surface area contributed by atoms with Crippen molar-refractivity contribution < 1.29 is 4.79 Å². The van der Waals surface area contributed by atoms with Gasteiger partial charge in [0.25, 0.3) is 0 Å². The summed E-state index contributed by atoms with van der Waals surface area (Å²) in [7, 11) is 3.79. The summed E-state index contributed by atoms with van der Waals surface area (Å²) in [6.45, 7) is 3.70. The monoisotopic (exact) mass is 184 g/mol. The molecule has 1 aliphatic rings. The standard InChI is InChI=1S/C10H20N2O/c1-8(6-11-2)10(13)12(3)7-9-4-5-9/h8-9,11H,4-7H2,1-3H3. The minimum atomic E-state index is 0.105. The Morgan fingerprint density at radius 1 is 1.62 bits per heavy atom. The fourth-order valence-corrected chi connectivity index (χ4v) is 1.55. The second-order valence-electron chi connectivity index (χ2n) is 4.12. The van der Waals surface area contributed by atoms with Gasteiger partial charge in [-0.05, 0) is 25.8 Å². The topological polar surface area (TPSA) is 32.3 Å². The zero-order valence-electron chi connectivity index (χ0n) is 8.84. The Balaban J connectivity index is 2.26. The van der Waals surface area contributed by atoms with Crippen LogP contribution in [0.5, 0.6) is 0 Å². The minimum Gasteiger partial charge on any atom is -0.345 e. The highest BCUT2D eigenvalue weighted by Gasteiger charge is 2.26. The molecule has 0 aromatic carbocycles. The van der Waals surface area contributed by atoms with E-state index >= 15 is 0 Å². The molecule has 1 rings (SSSR count). The molecule has 0 saturated heterocycles. The van der Waals surface area contributed by atoms with Gasteiger partial charge >= 0.3 is 0 Å². The molecule has 0 radical (unpaired) electrons. The van der Waals surface area contributed by atoms with E-state index in [4.69, 9.17) is 0 Å². The van der Waals surface area contributed by atoms with Crippen molar-refractivity contribution in [3.05, 3.63) is 0 Å². The first kappa shape index (κ1) is 10.5. The summed E-state index contributed by atoms with van der Waals surface area (Å²) in [5.74, 6) is 1.16. The van der Waals surface area contributed by atoms with Crippen LogP contribution in [0.2, 0.25) is 0 Å². The largest absolute Gasteiger partial charge is 0.345 e. The smallest absolute Gasteiger partial charge is 0.226 e. The van der Waals surface area contributed by atoms with Gasteiger partial charge in [0.2, 0.25) is 5.91 Å². The lowest BCUT2D eigenvalue weighted by Crippen LogP contribution is -2.37. The molecule has 1 saturated carbocycles. The number of hydrogen-bond donors (Lipinski definition) is 1. The molecule has 1 atom stereocenters. The summed E-state index contributed by atoms with van der Waals surface area (Å²) in [6.07, 6.45) is 2.61. The van der Waals surface area contributed by atoms with Crippen LogP contribution in [0.25, 0.3) is 0 Å². The highest BCUT2D eigenvalue weighted by molar-refractivity contribution is 5.78. The lowest BCUT2D eigenvalue weighted by atomic mass is 10.1. The first-order valence-electron chi connectivity index (χ1n) is 5.04. The average Bonchev–Trinajstić information content (AvgIpc) is 2.87. The van der Waals surface area contributed by atoms with Crippen LogP contribution in [0.15, 0.2) is 0 Å². The molecule has 0 aliphatic heterocycles. The number of nitrogens with one attached hydrogen (secondary N) is 1. The van der Waals surface area contributed by atoms with Crippen molar-refractivity contribution in [2.24, 2.45) is 11.8 Å². The molecule has 1 amide bonds. The van der Waals surface area contributed by atoms with Gasteiger partial charge in [0.1, 0.15) is 0 Å². The quantitative estimate of drug-likeness (QED) is 0.682. The van der Waals surface area contributed by atoms with Crippen molar-refractivity contribution in [2.75, 3.05) is 27.2 Å². The molecule has 0 heterocycles. The van der Waals surface area contributed by atoms with Crippen LogP contribution in [0.4, 0.5) is 0 Å².